The fraction of sp³-hybridized carbons (Fsp3) is 0.333. The van der Waals surface area contributed by atoms with E-state index in [0.29, 0.717) is 16.6 Å². The molecular formula is C18H17F3N2O2S2. The molecule has 0 radical (unpaired) electrons. The number of hydrogen-bond donors (Lipinski definition) is 2. The number of amides is 1. The van der Waals surface area contributed by atoms with E-state index in [1.807, 2.05) is 17.5 Å². The van der Waals surface area contributed by atoms with Crippen LogP contribution in [0, 0.1) is 0 Å². The van der Waals surface area contributed by atoms with E-state index in [1.54, 1.807) is 31.2 Å². The highest BCUT2D eigenvalue weighted by Gasteiger charge is 2.58. The lowest BCUT2D eigenvalue weighted by Crippen LogP contribution is -2.47. The van der Waals surface area contributed by atoms with Crippen molar-refractivity contribution in [2.75, 3.05) is 0 Å². The van der Waals surface area contributed by atoms with Gasteiger partial charge >= 0.3 is 6.18 Å². The second-order valence-corrected chi connectivity index (χ2v) is 8.34. The summed E-state index contributed by atoms with van der Waals surface area (Å²) in [5.74, 6) is -0.877. The van der Waals surface area contributed by atoms with Gasteiger partial charge in [-0.05, 0) is 30.5 Å². The molecule has 144 valence electrons. The Morgan fingerprint density at radius 2 is 2.00 bits per heavy atom. The third-order valence-electron chi connectivity index (χ3n) is 4.03. The van der Waals surface area contributed by atoms with Crippen molar-refractivity contribution in [2.24, 2.45) is 0 Å². The number of thiazole rings is 1. The summed E-state index contributed by atoms with van der Waals surface area (Å²) in [5.41, 5.74) is -2.98. The van der Waals surface area contributed by atoms with Gasteiger partial charge in [0.25, 0.3) is 0 Å². The Morgan fingerprint density at radius 1 is 1.26 bits per heavy atom. The van der Waals surface area contributed by atoms with Crippen molar-refractivity contribution in [2.45, 2.75) is 37.6 Å². The molecule has 2 N–H and O–H groups in total. The standard InChI is InChI=1S/C18H17F3N2O2S2/c1-11(9-12-5-4-8-26-12)22-15(24)10-17(25,18(19,20)21)16-23-13-6-2-3-7-14(13)27-16/h2-8,11,25H,9-10H2,1H3,(H,22,24). The van der Waals surface area contributed by atoms with Crippen LogP contribution in [0.2, 0.25) is 0 Å². The molecule has 9 heteroatoms. The van der Waals surface area contributed by atoms with Crippen LogP contribution in [0.3, 0.4) is 0 Å². The molecule has 0 aliphatic rings. The lowest BCUT2D eigenvalue weighted by atomic mass is 9.99. The number of halogens is 3. The van der Waals surface area contributed by atoms with Crippen molar-refractivity contribution in [1.82, 2.24) is 10.3 Å². The fourth-order valence-electron chi connectivity index (χ4n) is 2.69. The topological polar surface area (TPSA) is 62.2 Å². The van der Waals surface area contributed by atoms with E-state index in [0.717, 1.165) is 16.2 Å². The zero-order valence-corrected chi connectivity index (χ0v) is 15.9. The number of carbonyl (C=O) groups excluding carboxylic acids is 1. The van der Waals surface area contributed by atoms with Gasteiger partial charge in [0.2, 0.25) is 11.5 Å². The third kappa shape index (κ3) is 4.31. The van der Waals surface area contributed by atoms with E-state index in [-0.39, 0.29) is 6.04 Å². The maximum absolute atomic E-state index is 13.7. The van der Waals surface area contributed by atoms with Crippen LogP contribution in [-0.2, 0) is 16.8 Å². The van der Waals surface area contributed by atoms with Gasteiger partial charge in [-0.2, -0.15) is 13.2 Å². The first-order valence-electron chi connectivity index (χ1n) is 8.16. The predicted octanol–water partition coefficient (Wildman–Crippen LogP) is 4.25. The number of nitrogens with one attached hydrogen (secondary N) is 1. The van der Waals surface area contributed by atoms with Gasteiger partial charge in [-0.25, -0.2) is 4.98 Å². The molecule has 0 saturated carbocycles. The molecule has 1 amide bonds. The predicted molar refractivity (Wildman–Crippen MR) is 99.8 cm³/mol. The lowest BCUT2D eigenvalue weighted by molar-refractivity contribution is -0.267. The highest BCUT2D eigenvalue weighted by Crippen LogP contribution is 2.44. The smallest absolute Gasteiger partial charge is 0.374 e. The molecule has 2 unspecified atom stereocenters. The summed E-state index contributed by atoms with van der Waals surface area (Å²) in [6, 6.07) is 9.91. The highest BCUT2D eigenvalue weighted by molar-refractivity contribution is 7.18. The molecule has 0 fully saturated rings. The van der Waals surface area contributed by atoms with Gasteiger partial charge in [0.15, 0.2) is 0 Å². The molecule has 0 spiro atoms. The van der Waals surface area contributed by atoms with Gasteiger partial charge in [0.05, 0.1) is 16.6 Å². The Morgan fingerprint density at radius 3 is 2.63 bits per heavy atom. The van der Waals surface area contributed by atoms with Crippen LogP contribution >= 0.6 is 22.7 Å². The van der Waals surface area contributed by atoms with Crippen molar-refractivity contribution in [3.05, 3.63) is 51.7 Å². The van der Waals surface area contributed by atoms with Crippen molar-refractivity contribution in [1.29, 1.82) is 0 Å². The summed E-state index contributed by atoms with van der Waals surface area (Å²) < 4.78 is 41.5. The summed E-state index contributed by atoms with van der Waals surface area (Å²) in [5, 5.41) is 14.3. The number of para-hydroxylation sites is 1. The van der Waals surface area contributed by atoms with Crippen LogP contribution in [0.4, 0.5) is 13.2 Å². The number of aliphatic hydroxyl groups is 1. The highest BCUT2D eigenvalue weighted by atomic mass is 32.1. The third-order valence-corrected chi connectivity index (χ3v) is 6.11. The van der Waals surface area contributed by atoms with Crippen molar-refractivity contribution in [3.63, 3.8) is 0 Å². The lowest BCUT2D eigenvalue weighted by Gasteiger charge is -2.28. The Bertz CT molecular complexity index is 891. The maximum atomic E-state index is 13.7. The molecule has 3 rings (SSSR count). The Labute approximate surface area is 161 Å². The molecule has 3 aromatic rings. The summed E-state index contributed by atoms with van der Waals surface area (Å²) in [6.07, 6.45) is -5.66. The molecular weight excluding hydrogens is 397 g/mol. The van der Waals surface area contributed by atoms with E-state index >= 15 is 0 Å². The van der Waals surface area contributed by atoms with Crippen LogP contribution in [0.1, 0.15) is 23.2 Å². The van der Waals surface area contributed by atoms with Crippen LogP contribution in [0.15, 0.2) is 41.8 Å². The van der Waals surface area contributed by atoms with Gasteiger partial charge in [0, 0.05) is 17.3 Å². The van der Waals surface area contributed by atoms with Crippen LogP contribution < -0.4 is 5.32 Å². The SMILES string of the molecule is CC(Cc1cccs1)NC(=O)CC(O)(c1nc2ccccc2s1)C(F)(F)F. The van der Waals surface area contributed by atoms with Crippen LogP contribution in [0.5, 0.6) is 0 Å². The number of rotatable bonds is 6. The minimum absolute atomic E-state index is 0.353. The normalized spacial score (nSPS) is 15.4. The monoisotopic (exact) mass is 414 g/mol. The summed E-state index contributed by atoms with van der Waals surface area (Å²) in [6.45, 7) is 1.71. The molecule has 0 aliphatic carbocycles. The first-order valence-corrected chi connectivity index (χ1v) is 9.85. The molecule has 27 heavy (non-hydrogen) atoms. The number of hydrogen-bond acceptors (Lipinski definition) is 5. The second kappa shape index (κ2) is 7.57. The maximum Gasteiger partial charge on any atom is 0.424 e. The van der Waals surface area contributed by atoms with Gasteiger partial charge in [0.1, 0.15) is 5.01 Å². The molecule has 2 atom stereocenters. The van der Waals surface area contributed by atoms with Crippen molar-refractivity contribution < 1.29 is 23.1 Å². The zero-order valence-electron chi connectivity index (χ0n) is 14.3. The van der Waals surface area contributed by atoms with Crippen molar-refractivity contribution in [3.8, 4) is 0 Å². The van der Waals surface area contributed by atoms with Crippen molar-refractivity contribution >= 4 is 38.8 Å². The molecule has 0 aliphatic heterocycles. The average Bonchev–Trinajstić information content (AvgIpc) is 3.22. The van der Waals surface area contributed by atoms with E-state index in [1.165, 1.54) is 11.3 Å². The van der Waals surface area contributed by atoms with E-state index in [4.69, 9.17) is 0 Å². The Balaban J connectivity index is 1.79. The first-order chi connectivity index (χ1) is 12.7. The number of aromatic nitrogens is 1. The van der Waals surface area contributed by atoms with E-state index in [9.17, 15) is 23.1 Å². The summed E-state index contributed by atoms with van der Waals surface area (Å²) >= 11 is 2.24. The fourth-order valence-corrected chi connectivity index (χ4v) is 4.60. The number of carbonyl (C=O) groups is 1. The molecule has 2 aromatic heterocycles. The second-order valence-electron chi connectivity index (χ2n) is 6.27. The number of benzene rings is 1. The van der Waals surface area contributed by atoms with E-state index < -0.39 is 29.1 Å². The minimum atomic E-state index is -5.03. The molecule has 0 bridgehead atoms. The molecule has 1 aromatic carbocycles. The Hall–Kier alpha value is -1.97. The minimum Gasteiger partial charge on any atom is -0.374 e. The number of thiophene rings is 1. The quantitative estimate of drug-likeness (QED) is 0.634. The van der Waals surface area contributed by atoms with E-state index in [2.05, 4.69) is 10.3 Å². The van der Waals surface area contributed by atoms with Gasteiger partial charge in [-0.1, -0.05) is 18.2 Å². The first kappa shape index (κ1) is 19.8. The molecule has 0 saturated heterocycles. The summed E-state index contributed by atoms with van der Waals surface area (Å²) in [7, 11) is 0. The summed E-state index contributed by atoms with van der Waals surface area (Å²) in [4.78, 5) is 17.2. The van der Waals surface area contributed by atoms with Gasteiger partial charge in [-0.15, -0.1) is 22.7 Å². The van der Waals surface area contributed by atoms with Crippen LogP contribution in [0.25, 0.3) is 10.2 Å². The number of fused-ring (bicyclic) bond motifs is 1. The zero-order chi connectivity index (χ0) is 19.7. The number of nitrogens with zero attached hydrogens (tertiary/aromatic N) is 1. The molecule has 2 heterocycles. The molecule has 4 nitrogen and oxygen atoms in total. The average molecular weight is 414 g/mol. The van der Waals surface area contributed by atoms with Gasteiger partial charge < -0.3 is 10.4 Å². The van der Waals surface area contributed by atoms with Gasteiger partial charge in [-0.3, -0.25) is 4.79 Å². The largest absolute Gasteiger partial charge is 0.424 e. The Kier molecular flexibility index (Phi) is 5.55. The number of alkyl halides is 3. The van der Waals surface area contributed by atoms with Crippen LogP contribution in [-0.4, -0.2) is 28.2 Å².